The predicted octanol–water partition coefficient (Wildman–Crippen LogP) is 2.42. The summed E-state index contributed by atoms with van der Waals surface area (Å²) in [4.78, 5) is 16.4. The van der Waals surface area contributed by atoms with Gasteiger partial charge in [-0.05, 0) is 51.2 Å². The molecule has 6 nitrogen and oxygen atoms in total. The van der Waals surface area contributed by atoms with Gasteiger partial charge in [0, 0.05) is 24.3 Å². The van der Waals surface area contributed by atoms with E-state index in [9.17, 15) is 15.2 Å². The molecular weight excluding hydrogens is 328 g/mol. The van der Waals surface area contributed by atoms with E-state index in [2.05, 4.69) is 17.3 Å². The number of benzene rings is 1. The first kappa shape index (κ1) is 18.1. The number of carbonyl (C=O) groups excluding carboxylic acids is 1. The van der Waals surface area contributed by atoms with Crippen LogP contribution in [0.4, 0.5) is 5.69 Å². The fourth-order valence-electron chi connectivity index (χ4n) is 2.65. The molecule has 1 fully saturated rings. The topological polar surface area (TPSA) is 79.6 Å². The van der Waals surface area contributed by atoms with E-state index in [1.54, 1.807) is 18.0 Å². The standard InChI is InChI=1S/C17H21ClN4O2/c1-21-7-5-14(6-8-21)22(2)17(24)12(10-19)11-20-15-9-13(18)3-4-16(15)23/h3-4,9,11,14,20,23H,5-8H2,1-2H3/b12-11-. The lowest BCUT2D eigenvalue weighted by molar-refractivity contribution is -0.128. The molecule has 0 unspecified atom stereocenters. The number of phenolic OH excluding ortho intramolecular Hbond substituents is 1. The Hall–Kier alpha value is -2.23. The second-order valence-electron chi connectivity index (χ2n) is 5.93. The Labute approximate surface area is 146 Å². The molecule has 0 atom stereocenters. The van der Waals surface area contributed by atoms with Crippen molar-refractivity contribution in [2.24, 2.45) is 0 Å². The molecule has 128 valence electrons. The second-order valence-corrected chi connectivity index (χ2v) is 6.36. The number of nitrogens with zero attached hydrogens (tertiary/aromatic N) is 3. The molecule has 1 aliphatic heterocycles. The van der Waals surface area contributed by atoms with Gasteiger partial charge in [0.25, 0.3) is 5.91 Å². The molecule has 1 amide bonds. The molecule has 0 spiro atoms. The van der Waals surface area contributed by atoms with Crippen LogP contribution in [0.3, 0.4) is 0 Å². The van der Waals surface area contributed by atoms with Crippen LogP contribution >= 0.6 is 11.6 Å². The first-order chi connectivity index (χ1) is 11.4. The summed E-state index contributed by atoms with van der Waals surface area (Å²) < 4.78 is 0. The number of hydrogen-bond donors (Lipinski definition) is 2. The normalized spacial score (nSPS) is 16.5. The zero-order valence-electron chi connectivity index (χ0n) is 13.8. The number of rotatable bonds is 4. The van der Waals surface area contributed by atoms with E-state index in [4.69, 9.17) is 11.6 Å². The highest BCUT2D eigenvalue weighted by molar-refractivity contribution is 6.30. The van der Waals surface area contributed by atoms with Crippen LogP contribution in [0, 0.1) is 11.3 Å². The number of likely N-dealkylation sites (tertiary alicyclic amines) is 1. The van der Waals surface area contributed by atoms with Crippen molar-refractivity contribution in [3.05, 3.63) is 35.0 Å². The van der Waals surface area contributed by atoms with Gasteiger partial charge in [0.2, 0.25) is 0 Å². The number of amides is 1. The maximum atomic E-state index is 12.5. The average molecular weight is 349 g/mol. The van der Waals surface area contributed by atoms with Crippen molar-refractivity contribution < 1.29 is 9.90 Å². The zero-order valence-corrected chi connectivity index (χ0v) is 14.5. The van der Waals surface area contributed by atoms with Crippen LogP contribution in [-0.4, -0.2) is 54.0 Å². The van der Waals surface area contributed by atoms with Crippen LogP contribution in [0.1, 0.15) is 12.8 Å². The van der Waals surface area contributed by atoms with Gasteiger partial charge in [-0.15, -0.1) is 0 Å². The van der Waals surface area contributed by atoms with Crippen molar-refractivity contribution in [1.82, 2.24) is 9.80 Å². The molecule has 2 rings (SSSR count). The van der Waals surface area contributed by atoms with E-state index in [0.717, 1.165) is 25.9 Å². The van der Waals surface area contributed by atoms with Crippen molar-refractivity contribution in [1.29, 1.82) is 5.26 Å². The number of carbonyl (C=O) groups is 1. The van der Waals surface area contributed by atoms with E-state index >= 15 is 0 Å². The number of nitriles is 1. The molecule has 7 heteroatoms. The molecule has 0 aliphatic carbocycles. The van der Waals surface area contributed by atoms with Gasteiger partial charge in [-0.25, -0.2) is 0 Å². The molecule has 0 radical (unpaired) electrons. The number of aromatic hydroxyl groups is 1. The first-order valence-corrected chi connectivity index (χ1v) is 8.11. The van der Waals surface area contributed by atoms with Crippen LogP contribution < -0.4 is 5.32 Å². The Bertz CT molecular complexity index is 676. The number of piperidine rings is 1. The van der Waals surface area contributed by atoms with Gasteiger partial charge in [0.05, 0.1) is 5.69 Å². The number of hydrogen-bond acceptors (Lipinski definition) is 5. The summed E-state index contributed by atoms with van der Waals surface area (Å²) >= 11 is 5.88. The summed E-state index contributed by atoms with van der Waals surface area (Å²) in [5.41, 5.74) is 0.320. The van der Waals surface area contributed by atoms with E-state index < -0.39 is 0 Å². The minimum absolute atomic E-state index is 0.0101. The van der Waals surface area contributed by atoms with Crippen LogP contribution in [0.2, 0.25) is 5.02 Å². The van der Waals surface area contributed by atoms with Gasteiger partial charge in [0.15, 0.2) is 0 Å². The van der Waals surface area contributed by atoms with Crippen LogP contribution in [0.5, 0.6) is 5.75 Å². The van der Waals surface area contributed by atoms with Crippen molar-refractivity contribution >= 4 is 23.2 Å². The summed E-state index contributed by atoms with van der Waals surface area (Å²) in [5.74, 6) is -0.342. The predicted molar refractivity (Wildman–Crippen MR) is 93.7 cm³/mol. The van der Waals surface area contributed by atoms with Crippen molar-refractivity contribution in [3.8, 4) is 11.8 Å². The summed E-state index contributed by atoms with van der Waals surface area (Å²) in [6, 6.07) is 6.56. The van der Waals surface area contributed by atoms with Gasteiger partial charge in [-0.1, -0.05) is 11.6 Å². The Morgan fingerprint density at radius 3 is 2.79 bits per heavy atom. The van der Waals surface area contributed by atoms with E-state index in [-0.39, 0.29) is 23.3 Å². The summed E-state index contributed by atoms with van der Waals surface area (Å²) in [6.07, 6.45) is 3.08. The second kappa shape index (κ2) is 8.04. The fourth-order valence-corrected chi connectivity index (χ4v) is 2.83. The average Bonchev–Trinajstić information content (AvgIpc) is 2.58. The minimum Gasteiger partial charge on any atom is -0.506 e. The third-order valence-corrected chi connectivity index (χ3v) is 4.47. The maximum Gasteiger partial charge on any atom is 0.266 e. The van der Waals surface area contributed by atoms with E-state index in [1.165, 1.54) is 18.3 Å². The van der Waals surface area contributed by atoms with E-state index in [0.29, 0.717) is 10.7 Å². The lowest BCUT2D eigenvalue weighted by Crippen LogP contribution is -2.44. The van der Waals surface area contributed by atoms with Gasteiger partial charge in [-0.2, -0.15) is 5.26 Å². The minimum atomic E-state index is -0.332. The molecule has 0 saturated carbocycles. The van der Waals surface area contributed by atoms with Crippen molar-refractivity contribution in [2.75, 3.05) is 32.5 Å². The van der Waals surface area contributed by atoms with Gasteiger partial charge in [0.1, 0.15) is 17.4 Å². The molecule has 0 bridgehead atoms. The molecule has 0 aromatic heterocycles. The highest BCUT2D eigenvalue weighted by atomic mass is 35.5. The first-order valence-electron chi connectivity index (χ1n) is 7.73. The summed E-state index contributed by atoms with van der Waals surface area (Å²) in [5, 5.41) is 22.3. The monoisotopic (exact) mass is 348 g/mol. The Kier molecular flexibility index (Phi) is 6.07. The van der Waals surface area contributed by atoms with Crippen LogP contribution in [-0.2, 0) is 4.79 Å². The molecule has 1 aliphatic rings. The third kappa shape index (κ3) is 4.40. The molecule has 1 saturated heterocycles. The molecule has 1 aromatic carbocycles. The summed E-state index contributed by atoms with van der Waals surface area (Å²) in [7, 11) is 3.78. The van der Waals surface area contributed by atoms with Gasteiger partial charge >= 0.3 is 0 Å². The third-order valence-electron chi connectivity index (χ3n) is 4.24. The Balaban J connectivity index is 2.08. The van der Waals surface area contributed by atoms with Crippen molar-refractivity contribution in [3.63, 3.8) is 0 Å². The van der Waals surface area contributed by atoms with Gasteiger partial charge in [-0.3, -0.25) is 4.79 Å². The van der Waals surface area contributed by atoms with E-state index in [1.807, 2.05) is 6.07 Å². The number of phenols is 1. The number of likely N-dealkylation sites (N-methyl/N-ethyl adjacent to an activating group) is 1. The molecule has 2 N–H and O–H groups in total. The number of nitrogens with one attached hydrogen (secondary N) is 1. The van der Waals surface area contributed by atoms with Crippen LogP contribution in [0.25, 0.3) is 0 Å². The SMILES string of the molecule is CN1CCC(N(C)C(=O)/C(C#N)=C\Nc2cc(Cl)ccc2O)CC1. The lowest BCUT2D eigenvalue weighted by atomic mass is 10.0. The summed E-state index contributed by atoms with van der Waals surface area (Å²) in [6.45, 7) is 1.87. The molecule has 24 heavy (non-hydrogen) atoms. The Morgan fingerprint density at radius 2 is 2.17 bits per heavy atom. The zero-order chi connectivity index (χ0) is 17.7. The maximum absolute atomic E-state index is 12.5. The molecular formula is C17H21ClN4O2. The Morgan fingerprint density at radius 1 is 1.50 bits per heavy atom. The quantitative estimate of drug-likeness (QED) is 0.496. The fraction of sp³-hybridized carbons (Fsp3) is 0.412. The van der Waals surface area contributed by atoms with Crippen molar-refractivity contribution in [2.45, 2.75) is 18.9 Å². The van der Waals surface area contributed by atoms with Gasteiger partial charge < -0.3 is 20.2 Å². The molecule has 1 heterocycles. The number of halogens is 1. The lowest BCUT2D eigenvalue weighted by Gasteiger charge is -2.34. The molecule has 1 aromatic rings. The van der Waals surface area contributed by atoms with Crippen LogP contribution in [0.15, 0.2) is 30.0 Å². The smallest absolute Gasteiger partial charge is 0.266 e. The highest BCUT2D eigenvalue weighted by Crippen LogP contribution is 2.26. The highest BCUT2D eigenvalue weighted by Gasteiger charge is 2.25. The largest absolute Gasteiger partial charge is 0.506 e. The number of anilines is 1.